The molecular formula is C24H27FN4O5S. The maximum Gasteiger partial charge on any atom is 0.274 e. The van der Waals surface area contributed by atoms with Gasteiger partial charge in [0, 0.05) is 38.4 Å². The zero-order valence-corrected chi connectivity index (χ0v) is 20.3. The third-order valence-electron chi connectivity index (χ3n) is 5.82. The van der Waals surface area contributed by atoms with Crippen molar-refractivity contribution in [2.45, 2.75) is 38.8 Å². The summed E-state index contributed by atoms with van der Waals surface area (Å²) in [7, 11) is 0. The second-order valence-electron chi connectivity index (χ2n) is 8.64. The van der Waals surface area contributed by atoms with E-state index in [2.05, 4.69) is 10.2 Å². The normalized spacial score (nSPS) is 15.6. The Bertz CT molecular complexity index is 1260. The van der Waals surface area contributed by atoms with Crippen molar-refractivity contribution >= 4 is 17.2 Å². The van der Waals surface area contributed by atoms with Crippen LogP contribution in [0.4, 0.5) is 4.39 Å². The number of nitrogens with zero attached hydrogens (tertiary/aromatic N) is 4. The van der Waals surface area contributed by atoms with Crippen LogP contribution in [0.2, 0.25) is 0 Å². The van der Waals surface area contributed by atoms with Crippen molar-refractivity contribution in [2.24, 2.45) is 0 Å². The summed E-state index contributed by atoms with van der Waals surface area (Å²) in [6, 6.07) is 5.56. The number of halogens is 1. The lowest BCUT2D eigenvalue weighted by atomic mass is 10.1. The highest BCUT2D eigenvalue weighted by molar-refractivity contribution is 7.14. The van der Waals surface area contributed by atoms with Gasteiger partial charge in [-0.15, -0.1) is 10.2 Å². The summed E-state index contributed by atoms with van der Waals surface area (Å²) in [5.74, 6) is -1.39. The highest BCUT2D eigenvalue weighted by atomic mass is 32.1. The molecule has 9 nitrogen and oxygen atoms in total. The van der Waals surface area contributed by atoms with Gasteiger partial charge < -0.3 is 24.4 Å². The molecule has 1 aliphatic heterocycles. The number of carbonyl (C=O) groups excluding carboxylic acids is 1. The predicted octanol–water partition coefficient (Wildman–Crippen LogP) is 2.61. The molecule has 0 unspecified atom stereocenters. The molecule has 1 aliphatic rings. The Morgan fingerprint density at radius 3 is 2.66 bits per heavy atom. The van der Waals surface area contributed by atoms with Crippen LogP contribution in [-0.4, -0.2) is 68.2 Å². The number of benzene rings is 1. The summed E-state index contributed by atoms with van der Waals surface area (Å²) < 4.78 is 20.5. The molecule has 0 saturated carbocycles. The van der Waals surface area contributed by atoms with Gasteiger partial charge in [-0.25, -0.2) is 4.39 Å². The van der Waals surface area contributed by atoms with Crippen LogP contribution in [-0.2, 0) is 11.2 Å². The van der Waals surface area contributed by atoms with Crippen LogP contribution in [0.25, 0.3) is 10.6 Å². The van der Waals surface area contributed by atoms with Gasteiger partial charge in [-0.2, -0.15) is 0 Å². The second kappa shape index (κ2) is 10.6. The van der Waals surface area contributed by atoms with Crippen LogP contribution in [0, 0.1) is 5.82 Å². The van der Waals surface area contributed by atoms with Gasteiger partial charge in [-0.05, 0) is 38.0 Å². The minimum absolute atomic E-state index is 0.00673. The number of aromatic hydroxyl groups is 1. The summed E-state index contributed by atoms with van der Waals surface area (Å²) in [5.41, 5.74) is 0.212. The molecule has 0 spiro atoms. The number of hydrogen-bond acceptors (Lipinski definition) is 8. The van der Waals surface area contributed by atoms with Gasteiger partial charge in [0.05, 0.1) is 18.2 Å². The topological polar surface area (TPSA) is 118 Å². The zero-order chi connectivity index (χ0) is 25.1. The minimum atomic E-state index is -0.695. The number of carbonyl (C=O) groups is 1. The molecule has 4 rings (SSSR count). The van der Waals surface area contributed by atoms with E-state index in [1.807, 2.05) is 13.8 Å². The van der Waals surface area contributed by atoms with Crippen LogP contribution in [0.1, 0.15) is 47.4 Å². The summed E-state index contributed by atoms with van der Waals surface area (Å²) in [4.78, 5) is 27.8. The maximum atomic E-state index is 13.2. The Kier molecular flexibility index (Phi) is 7.58. The number of fused-ring (bicyclic) bond motifs is 1. The van der Waals surface area contributed by atoms with Gasteiger partial charge in [0.15, 0.2) is 16.5 Å². The first-order valence-electron chi connectivity index (χ1n) is 11.3. The van der Waals surface area contributed by atoms with Crippen LogP contribution in [0.15, 0.2) is 35.3 Å². The molecule has 0 radical (unpaired) electrons. The van der Waals surface area contributed by atoms with Crippen molar-refractivity contribution < 1.29 is 24.1 Å². The van der Waals surface area contributed by atoms with Gasteiger partial charge >= 0.3 is 0 Å². The number of ether oxygens (including phenoxy) is 1. The highest BCUT2D eigenvalue weighted by Gasteiger charge is 2.36. The van der Waals surface area contributed by atoms with Crippen molar-refractivity contribution in [1.29, 1.82) is 0 Å². The summed E-state index contributed by atoms with van der Waals surface area (Å²) in [5, 5.41) is 29.1. The Morgan fingerprint density at radius 1 is 1.23 bits per heavy atom. The average molecular weight is 503 g/mol. The first kappa shape index (κ1) is 25.0. The first-order chi connectivity index (χ1) is 16.8. The van der Waals surface area contributed by atoms with Gasteiger partial charge in [0.1, 0.15) is 10.8 Å². The van der Waals surface area contributed by atoms with E-state index in [-0.39, 0.29) is 42.4 Å². The molecule has 0 bridgehead atoms. The summed E-state index contributed by atoms with van der Waals surface area (Å²) in [6.45, 7) is 4.66. The average Bonchev–Trinajstić information content (AvgIpc) is 3.29. The second-order valence-corrected chi connectivity index (χ2v) is 9.70. The highest BCUT2D eigenvalue weighted by Crippen LogP contribution is 2.31. The Labute approximate surface area is 205 Å². The smallest absolute Gasteiger partial charge is 0.274 e. The minimum Gasteiger partial charge on any atom is -0.503 e. The van der Waals surface area contributed by atoms with E-state index in [1.165, 1.54) is 29.7 Å². The van der Waals surface area contributed by atoms with Crippen LogP contribution >= 0.6 is 11.3 Å². The summed E-state index contributed by atoms with van der Waals surface area (Å²) >= 11 is 1.20. The van der Waals surface area contributed by atoms with Gasteiger partial charge in [0.25, 0.3) is 5.91 Å². The Hall–Kier alpha value is -3.15. The molecule has 1 amide bonds. The number of aliphatic hydroxyl groups excluding tert-OH is 1. The van der Waals surface area contributed by atoms with E-state index in [1.54, 1.807) is 21.6 Å². The molecule has 186 valence electrons. The molecule has 11 heteroatoms. The number of pyridine rings is 1. The van der Waals surface area contributed by atoms with E-state index in [0.29, 0.717) is 36.0 Å². The Morgan fingerprint density at radius 2 is 1.97 bits per heavy atom. The number of hydrogen-bond donors (Lipinski definition) is 2. The van der Waals surface area contributed by atoms with E-state index in [9.17, 15) is 19.1 Å². The molecule has 1 aromatic carbocycles. The maximum absolute atomic E-state index is 13.2. The molecule has 2 N–H and O–H groups in total. The van der Waals surface area contributed by atoms with Crippen molar-refractivity contribution in [1.82, 2.24) is 19.7 Å². The molecular weight excluding hydrogens is 475 g/mol. The number of rotatable bonds is 9. The number of amides is 1. The molecule has 2 aromatic heterocycles. The third-order valence-corrected chi connectivity index (χ3v) is 6.78. The quantitative estimate of drug-likeness (QED) is 0.432. The van der Waals surface area contributed by atoms with Crippen molar-refractivity contribution in [3.8, 4) is 16.3 Å². The molecule has 3 aromatic rings. The molecule has 0 fully saturated rings. The lowest BCUT2D eigenvalue weighted by Gasteiger charge is -2.38. The van der Waals surface area contributed by atoms with Crippen LogP contribution in [0.3, 0.4) is 0 Å². The van der Waals surface area contributed by atoms with Crippen molar-refractivity contribution in [3.05, 3.63) is 62.8 Å². The number of aliphatic hydroxyl groups is 1. The van der Waals surface area contributed by atoms with Crippen LogP contribution < -0.4 is 5.43 Å². The first-order valence-corrected chi connectivity index (χ1v) is 12.2. The Balaban J connectivity index is 1.69. The molecule has 1 atom stereocenters. The number of aromatic nitrogens is 3. The third kappa shape index (κ3) is 5.26. The van der Waals surface area contributed by atoms with Crippen molar-refractivity contribution in [3.63, 3.8) is 0 Å². The SMILES string of the molecule is CC(C)N1C[C@H](COCCCO)n2cc(-c3nnc(Cc4ccc(F)cc4)s3)c(=O)c(O)c2C1=O. The van der Waals surface area contributed by atoms with Gasteiger partial charge in [0.2, 0.25) is 5.43 Å². The zero-order valence-electron chi connectivity index (χ0n) is 19.5. The monoisotopic (exact) mass is 502 g/mol. The van der Waals surface area contributed by atoms with Gasteiger partial charge in [-0.1, -0.05) is 23.5 Å². The lowest BCUT2D eigenvalue weighted by Crippen LogP contribution is -2.48. The van der Waals surface area contributed by atoms with Crippen LogP contribution in [0.5, 0.6) is 5.75 Å². The van der Waals surface area contributed by atoms with E-state index < -0.39 is 17.1 Å². The fourth-order valence-electron chi connectivity index (χ4n) is 3.98. The fourth-order valence-corrected chi connectivity index (χ4v) is 4.86. The van der Waals surface area contributed by atoms with E-state index in [4.69, 9.17) is 9.84 Å². The van der Waals surface area contributed by atoms with E-state index >= 15 is 0 Å². The molecule has 0 aliphatic carbocycles. The predicted molar refractivity (Wildman–Crippen MR) is 128 cm³/mol. The molecule has 35 heavy (non-hydrogen) atoms. The molecule has 3 heterocycles. The summed E-state index contributed by atoms with van der Waals surface area (Å²) in [6.07, 6.45) is 2.43. The molecule has 0 saturated heterocycles. The van der Waals surface area contributed by atoms with Crippen molar-refractivity contribution in [2.75, 3.05) is 26.4 Å². The standard InChI is InChI=1S/C24H27FN4O5S/c1-14(2)28-11-17(13-34-9-3-8-30)29-12-18(21(31)22(32)20(29)24(28)33)23-27-26-19(35-23)10-15-4-6-16(25)7-5-15/h4-7,12,14,17,30,32H,3,8-11,13H2,1-2H3/t17-/m1/s1. The largest absolute Gasteiger partial charge is 0.503 e. The fraction of sp³-hybridized carbons (Fsp3) is 0.417. The lowest BCUT2D eigenvalue weighted by molar-refractivity contribution is 0.0418. The van der Waals surface area contributed by atoms with E-state index in [0.717, 1.165) is 5.56 Å². The van der Waals surface area contributed by atoms with Gasteiger partial charge in [-0.3, -0.25) is 9.59 Å².